The minimum Gasteiger partial charge on any atom is -0.454 e. The van der Waals surface area contributed by atoms with E-state index in [1.165, 1.54) is 60.4 Å². The highest BCUT2D eigenvalue weighted by Crippen LogP contribution is 2.48. The summed E-state index contributed by atoms with van der Waals surface area (Å²) in [5.41, 5.74) is 15.3. The number of furan rings is 1. The van der Waals surface area contributed by atoms with Crippen LogP contribution in [0.1, 0.15) is 0 Å². The average Bonchev–Trinajstić information content (AvgIpc) is 3.89. The van der Waals surface area contributed by atoms with Gasteiger partial charge in [0.25, 0.3) is 0 Å². The molecule has 0 aliphatic carbocycles. The summed E-state index contributed by atoms with van der Waals surface area (Å²) in [5.74, 6) is 0. The lowest BCUT2D eigenvalue weighted by molar-refractivity contribution is 0.669. The second-order valence-corrected chi connectivity index (χ2v) is 15.6. The van der Waals surface area contributed by atoms with Crippen molar-refractivity contribution in [1.82, 2.24) is 4.57 Å². The maximum atomic E-state index is 7.19. The van der Waals surface area contributed by atoms with Gasteiger partial charge in [0.1, 0.15) is 5.58 Å². The molecule has 0 aliphatic heterocycles. The van der Waals surface area contributed by atoms with E-state index in [2.05, 4.69) is 240 Å². The molecule has 3 heteroatoms. The zero-order valence-corrected chi connectivity index (χ0v) is 33.2. The van der Waals surface area contributed by atoms with Crippen LogP contribution in [0.3, 0.4) is 0 Å². The van der Waals surface area contributed by atoms with Crippen molar-refractivity contribution >= 4 is 71.6 Å². The number of anilines is 3. The van der Waals surface area contributed by atoms with E-state index in [4.69, 9.17) is 4.42 Å². The van der Waals surface area contributed by atoms with Gasteiger partial charge in [-0.3, -0.25) is 0 Å². The van der Waals surface area contributed by atoms with Gasteiger partial charge >= 0.3 is 0 Å². The van der Waals surface area contributed by atoms with Crippen molar-refractivity contribution in [2.45, 2.75) is 0 Å². The fraction of sp³-hybridized carbons (Fsp3) is 0. The summed E-state index contributed by atoms with van der Waals surface area (Å²) in [6, 6.07) is 82.6. The minimum absolute atomic E-state index is 0.845. The van der Waals surface area contributed by atoms with Gasteiger partial charge in [-0.05, 0) is 105 Å². The van der Waals surface area contributed by atoms with E-state index in [1.807, 2.05) is 0 Å². The molecule has 0 bridgehead atoms. The monoisotopic (exact) mass is 778 g/mol. The quantitative estimate of drug-likeness (QED) is 0.161. The third kappa shape index (κ3) is 5.74. The van der Waals surface area contributed by atoms with Crippen LogP contribution >= 0.6 is 0 Å². The first kappa shape index (κ1) is 34.9. The third-order valence-corrected chi connectivity index (χ3v) is 12.2. The molecule has 0 spiro atoms. The van der Waals surface area contributed by atoms with E-state index in [0.717, 1.165) is 50.3 Å². The molecule has 286 valence electrons. The number of para-hydroxylation sites is 3. The molecule has 2 aromatic heterocycles. The molecule has 0 unspecified atom stereocenters. The Bertz CT molecular complexity index is 3470. The Labute approximate surface area is 353 Å². The van der Waals surface area contributed by atoms with Crippen molar-refractivity contribution in [2.75, 3.05) is 4.90 Å². The summed E-state index contributed by atoms with van der Waals surface area (Å²) >= 11 is 0. The van der Waals surface area contributed by atoms with Crippen LogP contribution in [-0.2, 0) is 0 Å². The van der Waals surface area contributed by atoms with Crippen molar-refractivity contribution < 1.29 is 4.42 Å². The van der Waals surface area contributed by atoms with Crippen molar-refractivity contribution in [1.29, 1.82) is 0 Å². The lowest BCUT2D eigenvalue weighted by Crippen LogP contribution is -2.10. The first-order chi connectivity index (χ1) is 30.3. The molecule has 3 nitrogen and oxygen atoms in total. The van der Waals surface area contributed by atoms with Crippen molar-refractivity contribution in [3.8, 4) is 39.1 Å². The standard InChI is InChI=1S/C58H38N2O/c1-4-16-39(17-5-1)41-30-34-44(35-31-41)59(45-36-32-42(33-37-45)40-18-6-2-7-19-40)54-29-15-26-50-57-47-23-11-10-22-46(47)51(38-55(57)61-58(50)54)48-25-14-28-53-56(48)49-24-12-13-27-52(49)60(53)43-20-8-3-9-21-43/h1-38H. The Balaban J connectivity index is 1.08. The zero-order valence-electron chi connectivity index (χ0n) is 33.2. The van der Waals surface area contributed by atoms with Gasteiger partial charge in [0, 0.05) is 38.6 Å². The van der Waals surface area contributed by atoms with Crippen LogP contribution in [0.4, 0.5) is 17.1 Å². The average molecular weight is 779 g/mol. The lowest BCUT2D eigenvalue weighted by Gasteiger charge is -2.26. The summed E-state index contributed by atoms with van der Waals surface area (Å²) in [6.45, 7) is 0. The Morgan fingerprint density at radius 1 is 0.344 bits per heavy atom. The fourth-order valence-corrected chi connectivity index (χ4v) is 9.44. The molecule has 10 aromatic carbocycles. The van der Waals surface area contributed by atoms with Gasteiger partial charge in [0.05, 0.1) is 16.7 Å². The lowest BCUT2D eigenvalue weighted by atomic mass is 9.92. The SMILES string of the molecule is c1ccc(-c2ccc(N(c3ccc(-c4ccccc4)cc3)c3cccc4c3oc3cc(-c5cccc6c5c5ccccc5n6-c5ccccc5)c5ccccc5c34)cc2)cc1. The van der Waals surface area contributed by atoms with Gasteiger partial charge in [-0.25, -0.2) is 0 Å². The first-order valence-corrected chi connectivity index (χ1v) is 20.8. The molecule has 2 heterocycles. The number of fused-ring (bicyclic) bond motifs is 8. The molecule has 0 radical (unpaired) electrons. The molecule has 61 heavy (non-hydrogen) atoms. The van der Waals surface area contributed by atoms with Crippen LogP contribution in [-0.4, -0.2) is 4.57 Å². The molecular formula is C58H38N2O. The van der Waals surface area contributed by atoms with E-state index in [-0.39, 0.29) is 0 Å². The summed E-state index contributed by atoms with van der Waals surface area (Å²) in [4.78, 5) is 2.33. The predicted molar refractivity (Wildman–Crippen MR) is 257 cm³/mol. The molecule has 0 amide bonds. The number of hydrogen-bond donors (Lipinski definition) is 0. The molecule has 12 aromatic rings. The van der Waals surface area contributed by atoms with Crippen LogP contribution in [0.5, 0.6) is 0 Å². The molecule has 0 aliphatic rings. The van der Waals surface area contributed by atoms with Crippen LogP contribution in [0.25, 0.3) is 93.6 Å². The smallest absolute Gasteiger partial charge is 0.159 e. The molecule has 0 saturated heterocycles. The Kier molecular flexibility index (Phi) is 8.17. The molecule has 0 saturated carbocycles. The number of hydrogen-bond acceptors (Lipinski definition) is 2. The Morgan fingerprint density at radius 3 is 1.51 bits per heavy atom. The first-order valence-electron chi connectivity index (χ1n) is 20.8. The number of rotatable bonds is 7. The molecule has 0 N–H and O–H groups in total. The van der Waals surface area contributed by atoms with Crippen LogP contribution in [0.15, 0.2) is 235 Å². The summed E-state index contributed by atoms with van der Waals surface area (Å²) in [6.07, 6.45) is 0. The summed E-state index contributed by atoms with van der Waals surface area (Å²) in [7, 11) is 0. The van der Waals surface area contributed by atoms with Crippen LogP contribution in [0.2, 0.25) is 0 Å². The largest absolute Gasteiger partial charge is 0.454 e. The van der Waals surface area contributed by atoms with Gasteiger partial charge in [-0.15, -0.1) is 0 Å². The number of benzene rings is 10. The summed E-state index contributed by atoms with van der Waals surface area (Å²) < 4.78 is 9.58. The van der Waals surface area contributed by atoms with Gasteiger partial charge in [0.15, 0.2) is 5.58 Å². The highest BCUT2D eigenvalue weighted by molar-refractivity contribution is 6.26. The van der Waals surface area contributed by atoms with E-state index < -0.39 is 0 Å². The predicted octanol–water partition coefficient (Wildman–Crippen LogP) is 16.3. The Morgan fingerprint density at radius 2 is 0.852 bits per heavy atom. The van der Waals surface area contributed by atoms with E-state index in [0.29, 0.717) is 0 Å². The van der Waals surface area contributed by atoms with E-state index in [1.54, 1.807) is 0 Å². The third-order valence-electron chi connectivity index (χ3n) is 12.2. The summed E-state index contributed by atoms with van der Waals surface area (Å²) in [5, 5.41) is 7.01. The number of nitrogens with zero attached hydrogens (tertiary/aromatic N) is 2. The van der Waals surface area contributed by atoms with Crippen molar-refractivity contribution in [3.05, 3.63) is 231 Å². The normalized spacial score (nSPS) is 11.6. The number of aromatic nitrogens is 1. The minimum atomic E-state index is 0.845. The molecule has 0 atom stereocenters. The van der Waals surface area contributed by atoms with Crippen LogP contribution in [0, 0.1) is 0 Å². The maximum absolute atomic E-state index is 7.19. The second kappa shape index (κ2) is 14.3. The van der Waals surface area contributed by atoms with Gasteiger partial charge in [-0.1, -0.05) is 170 Å². The highest BCUT2D eigenvalue weighted by atomic mass is 16.3. The Hall–Kier alpha value is -8.14. The fourth-order valence-electron chi connectivity index (χ4n) is 9.44. The maximum Gasteiger partial charge on any atom is 0.159 e. The van der Waals surface area contributed by atoms with Gasteiger partial charge in [0.2, 0.25) is 0 Å². The molecular weight excluding hydrogens is 741 g/mol. The highest BCUT2D eigenvalue weighted by Gasteiger charge is 2.23. The van der Waals surface area contributed by atoms with Crippen molar-refractivity contribution in [2.24, 2.45) is 0 Å². The molecule has 12 rings (SSSR count). The molecule has 0 fully saturated rings. The van der Waals surface area contributed by atoms with Gasteiger partial charge < -0.3 is 13.9 Å². The second-order valence-electron chi connectivity index (χ2n) is 15.6. The zero-order chi connectivity index (χ0) is 40.3. The van der Waals surface area contributed by atoms with Crippen LogP contribution < -0.4 is 4.90 Å². The van der Waals surface area contributed by atoms with Crippen molar-refractivity contribution in [3.63, 3.8) is 0 Å². The topological polar surface area (TPSA) is 21.3 Å². The van der Waals surface area contributed by atoms with E-state index in [9.17, 15) is 0 Å². The van der Waals surface area contributed by atoms with E-state index >= 15 is 0 Å². The van der Waals surface area contributed by atoms with Gasteiger partial charge in [-0.2, -0.15) is 0 Å².